The Labute approximate surface area is 81.8 Å². The molecule has 1 aliphatic rings. The van der Waals surface area contributed by atoms with E-state index in [9.17, 15) is 0 Å². The zero-order chi connectivity index (χ0) is 8.93. The van der Waals surface area contributed by atoms with Crippen molar-refractivity contribution in [3.05, 3.63) is 24.4 Å². The summed E-state index contributed by atoms with van der Waals surface area (Å²) in [6, 6.07) is 9.37. The summed E-state index contributed by atoms with van der Waals surface area (Å²) in [5.41, 5.74) is 0. The summed E-state index contributed by atoms with van der Waals surface area (Å²) in [7, 11) is -0.641. The van der Waals surface area contributed by atoms with E-state index in [1.54, 1.807) is 0 Å². The first-order valence-corrected chi connectivity index (χ1v) is 7.59. The second kappa shape index (κ2) is 4.56. The summed E-state index contributed by atoms with van der Waals surface area (Å²) in [6.45, 7) is 0. The van der Waals surface area contributed by atoms with Gasteiger partial charge in [-0.2, -0.15) is 0 Å². The fraction of sp³-hybridized carbons (Fsp3) is 0.545. The molecule has 2 heterocycles. The van der Waals surface area contributed by atoms with Gasteiger partial charge in [0.1, 0.15) is 0 Å². The second-order valence-electron chi connectivity index (χ2n) is 3.94. The molecule has 0 spiro atoms. The highest BCUT2D eigenvalue weighted by Gasteiger charge is 2.16. The van der Waals surface area contributed by atoms with Gasteiger partial charge in [-0.3, -0.25) is 4.98 Å². The summed E-state index contributed by atoms with van der Waals surface area (Å²) < 4.78 is 0. The summed E-state index contributed by atoms with van der Waals surface area (Å²) in [6.07, 6.45) is 7.76. The van der Waals surface area contributed by atoms with Gasteiger partial charge in [-0.25, -0.2) is 0 Å². The average Bonchev–Trinajstić information content (AvgIpc) is 2.47. The first-order valence-electron chi connectivity index (χ1n) is 5.38. The SMILES string of the molecule is c1ccc([SiH]2CCCCCC2)nc1. The number of rotatable bonds is 1. The van der Waals surface area contributed by atoms with E-state index >= 15 is 0 Å². The average molecular weight is 191 g/mol. The zero-order valence-corrected chi connectivity index (χ0v) is 9.23. The normalized spacial score (nSPS) is 19.7. The van der Waals surface area contributed by atoms with E-state index in [1.165, 1.54) is 43.1 Å². The van der Waals surface area contributed by atoms with E-state index in [-0.39, 0.29) is 0 Å². The Hall–Kier alpha value is -0.633. The minimum atomic E-state index is -0.641. The largest absolute Gasteiger partial charge is 0.266 e. The van der Waals surface area contributed by atoms with Crippen molar-refractivity contribution in [2.75, 3.05) is 0 Å². The van der Waals surface area contributed by atoms with E-state index in [4.69, 9.17) is 0 Å². The molecule has 1 aromatic rings. The Morgan fingerprint density at radius 1 is 1.00 bits per heavy atom. The maximum absolute atomic E-state index is 4.51. The van der Waals surface area contributed by atoms with Gasteiger partial charge in [0.2, 0.25) is 0 Å². The molecule has 0 aromatic carbocycles. The molecule has 0 radical (unpaired) electrons. The molecular weight excluding hydrogens is 174 g/mol. The molecule has 1 aromatic heterocycles. The smallest absolute Gasteiger partial charge is 0.0945 e. The first kappa shape index (κ1) is 8.94. The Bertz CT molecular complexity index is 240. The van der Waals surface area contributed by atoms with Crippen molar-refractivity contribution in [1.29, 1.82) is 0 Å². The molecule has 0 atom stereocenters. The number of nitrogens with zero attached hydrogens (tertiary/aromatic N) is 1. The van der Waals surface area contributed by atoms with Crippen LogP contribution in [0.5, 0.6) is 0 Å². The summed E-state index contributed by atoms with van der Waals surface area (Å²) in [5.74, 6) is 0. The number of pyridine rings is 1. The molecule has 0 saturated carbocycles. The van der Waals surface area contributed by atoms with E-state index in [1.807, 2.05) is 12.3 Å². The van der Waals surface area contributed by atoms with Gasteiger partial charge in [0.25, 0.3) is 0 Å². The number of hydrogen-bond acceptors (Lipinski definition) is 1. The summed E-state index contributed by atoms with van der Waals surface area (Å²) in [5, 5.41) is 1.45. The molecular formula is C11H17NSi. The molecule has 0 amide bonds. The van der Waals surface area contributed by atoms with Gasteiger partial charge < -0.3 is 0 Å². The maximum Gasteiger partial charge on any atom is 0.0945 e. The van der Waals surface area contributed by atoms with Crippen LogP contribution in [0.2, 0.25) is 12.1 Å². The predicted molar refractivity (Wildman–Crippen MR) is 59.1 cm³/mol. The van der Waals surface area contributed by atoms with Crippen molar-refractivity contribution in [2.45, 2.75) is 37.8 Å². The van der Waals surface area contributed by atoms with Crippen molar-refractivity contribution in [3.8, 4) is 0 Å². The van der Waals surface area contributed by atoms with Gasteiger partial charge in [0.05, 0.1) is 8.80 Å². The zero-order valence-electron chi connectivity index (χ0n) is 8.08. The third-order valence-corrected chi connectivity index (χ3v) is 6.35. The molecule has 1 nitrogen and oxygen atoms in total. The van der Waals surface area contributed by atoms with Gasteiger partial charge in [-0.05, 0) is 12.1 Å². The monoisotopic (exact) mass is 191 g/mol. The Kier molecular flexibility index (Phi) is 3.14. The first-order chi connectivity index (χ1) is 6.47. The topological polar surface area (TPSA) is 12.9 Å². The molecule has 0 aliphatic carbocycles. The molecule has 2 rings (SSSR count). The van der Waals surface area contributed by atoms with Crippen molar-refractivity contribution in [1.82, 2.24) is 4.98 Å². The van der Waals surface area contributed by atoms with Gasteiger partial charge in [0, 0.05) is 11.5 Å². The van der Waals surface area contributed by atoms with E-state index in [2.05, 4.69) is 17.1 Å². The molecule has 70 valence electrons. The molecule has 0 N–H and O–H groups in total. The quantitative estimate of drug-likeness (QED) is 0.619. The second-order valence-corrected chi connectivity index (χ2v) is 7.08. The highest BCUT2D eigenvalue weighted by Crippen LogP contribution is 2.17. The van der Waals surface area contributed by atoms with Crippen LogP contribution in [-0.2, 0) is 0 Å². The van der Waals surface area contributed by atoms with Crippen LogP contribution in [0.1, 0.15) is 25.7 Å². The third kappa shape index (κ3) is 2.40. The number of hydrogen-bond donors (Lipinski definition) is 0. The van der Waals surface area contributed by atoms with Crippen molar-refractivity contribution in [2.24, 2.45) is 0 Å². The van der Waals surface area contributed by atoms with Gasteiger partial charge in [-0.1, -0.05) is 43.8 Å². The highest BCUT2D eigenvalue weighted by atomic mass is 28.3. The minimum absolute atomic E-state index is 0.641. The Balaban J connectivity index is 2.06. The van der Waals surface area contributed by atoms with Crippen molar-refractivity contribution in [3.63, 3.8) is 0 Å². The van der Waals surface area contributed by atoms with Crippen LogP contribution in [0.3, 0.4) is 0 Å². The fourth-order valence-electron chi connectivity index (χ4n) is 2.19. The molecule has 1 saturated heterocycles. The van der Waals surface area contributed by atoms with Crippen LogP contribution in [0.4, 0.5) is 0 Å². The van der Waals surface area contributed by atoms with Crippen LogP contribution in [0.25, 0.3) is 0 Å². The Morgan fingerprint density at radius 2 is 1.77 bits per heavy atom. The van der Waals surface area contributed by atoms with Gasteiger partial charge >= 0.3 is 0 Å². The maximum atomic E-state index is 4.51. The van der Waals surface area contributed by atoms with Gasteiger partial charge in [0.15, 0.2) is 0 Å². The van der Waals surface area contributed by atoms with Crippen LogP contribution in [0.15, 0.2) is 24.4 Å². The molecule has 0 bridgehead atoms. The van der Waals surface area contributed by atoms with Crippen molar-refractivity contribution >= 4 is 14.1 Å². The lowest BCUT2D eigenvalue weighted by Gasteiger charge is -2.10. The van der Waals surface area contributed by atoms with E-state index in [0.29, 0.717) is 0 Å². The van der Waals surface area contributed by atoms with Gasteiger partial charge in [-0.15, -0.1) is 0 Å². The fourth-order valence-corrected chi connectivity index (χ4v) is 5.32. The van der Waals surface area contributed by atoms with Crippen LogP contribution < -0.4 is 5.32 Å². The highest BCUT2D eigenvalue weighted by molar-refractivity contribution is 6.72. The van der Waals surface area contributed by atoms with Crippen LogP contribution in [0, 0.1) is 0 Å². The standard InChI is InChI=1S/C11H17NSi/c1-2-6-10-13(9-5-1)11-7-3-4-8-12-11/h3-4,7-8,13H,1-2,5-6,9-10H2. The lowest BCUT2D eigenvalue weighted by Crippen LogP contribution is -2.31. The molecule has 2 heteroatoms. The number of aromatic nitrogens is 1. The molecule has 13 heavy (non-hydrogen) atoms. The summed E-state index contributed by atoms with van der Waals surface area (Å²) >= 11 is 0. The van der Waals surface area contributed by atoms with Crippen molar-refractivity contribution < 1.29 is 0 Å². The molecule has 1 fully saturated rings. The van der Waals surface area contributed by atoms with E-state index < -0.39 is 8.80 Å². The lowest BCUT2D eigenvalue weighted by atomic mass is 10.2. The van der Waals surface area contributed by atoms with E-state index in [0.717, 1.165) is 0 Å². The van der Waals surface area contributed by atoms with Crippen LogP contribution >= 0.6 is 0 Å². The van der Waals surface area contributed by atoms with Crippen LogP contribution in [-0.4, -0.2) is 13.8 Å². The summed E-state index contributed by atoms with van der Waals surface area (Å²) in [4.78, 5) is 4.51. The lowest BCUT2D eigenvalue weighted by molar-refractivity contribution is 0.720. The molecule has 1 aliphatic heterocycles. The predicted octanol–water partition coefficient (Wildman–Crippen LogP) is 2.09. The Morgan fingerprint density at radius 3 is 2.38 bits per heavy atom. The third-order valence-electron chi connectivity index (χ3n) is 2.96. The molecule has 0 unspecified atom stereocenters. The minimum Gasteiger partial charge on any atom is -0.266 e.